The quantitative estimate of drug-likeness (QED) is 0.723. The lowest BCUT2D eigenvalue weighted by atomic mass is 10.2. The Morgan fingerprint density at radius 3 is 2.71 bits per heavy atom. The maximum absolute atomic E-state index is 5.54. The molecular formula is C15H16N4OS. The van der Waals surface area contributed by atoms with Gasteiger partial charge in [-0.15, -0.1) is 16.4 Å². The second kappa shape index (κ2) is 6.05. The summed E-state index contributed by atoms with van der Waals surface area (Å²) in [4.78, 5) is 6.57. The van der Waals surface area contributed by atoms with Gasteiger partial charge in [0.2, 0.25) is 5.89 Å². The van der Waals surface area contributed by atoms with Crippen molar-refractivity contribution >= 4 is 17.4 Å². The average molecular weight is 300 g/mol. The molecule has 0 spiro atoms. The SMILES string of the molecule is CCc1nnc(N(C)Cc2csc(-c3ccccc3)n2)o1. The third-order valence-electron chi connectivity index (χ3n) is 3.06. The zero-order chi connectivity index (χ0) is 14.7. The molecule has 0 amide bonds. The van der Waals surface area contributed by atoms with Crippen LogP contribution >= 0.6 is 11.3 Å². The number of aromatic nitrogens is 3. The average Bonchev–Trinajstić information content (AvgIpc) is 3.17. The highest BCUT2D eigenvalue weighted by Crippen LogP contribution is 2.24. The largest absolute Gasteiger partial charge is 0.408 e. The van der Waals surface area contributed by atoms with Gasteiger partial charge in [0.05, 0.1) is 12.2 Å². The second-order valence-electron chi connectivity index (χ2n) is 4.70. The number of benzene rings is 1. The van der Waals surface area contributed by atoms with Crippen LogP contribution < -0.4 is 4.90 Å². The van der Waals surface area contributed by atoms with Crippen LogP contribution in [0.5, 0.6) is 0 Å². The first kappa shape index (κ1) is 13.8. The van der Waals surface area contributed by atoms with Gasteiger partial charge in [-0.1, -0.05) is 42.4 Å². The van der Waals surface area contributed by atoms with Crippen LogP contribution in [0.2, 0.25) is 0 Å². The summed E-state index contributed by atoms with van der Waals surface area (Å²) in [6, 6.07) is 10.7. The van der Waals surface area contributed by atoms with Gasteiger partial charge in [-0.05, 0) is 0 Å². The van der Waals surface area contributed by atoms with Crippen molar-refractivity contribution in [3.05, 3.63) is 47.3 Å². The van der Waals surface area contributed by atoms with Gasteiger partial charge < -0.3 is 9.32 Å². The van der Waals surface area contributed by atoms with Crippen LogP contribution in [0.25, 0.3) is 10.6 Å². The summed E-state index contributed by atoms with van der Waals surface area (Å²) < 4.78 is 5.54. The van der Waals surface area contributed by atoms with Gasteiger partial charge in [0, 0.05) is 24.4 Å². The second-order valence-corrected chi connectivity index (χ2v) is 5.56. The van der Waals surface area contributed by atoms with E-state index in [1.165, 1.54) is 0 Å². The molecule has 0 bridgehead atoms. The highest BCUT2D eigenvalue weighted by atomic mass is 32.1. The minimum Gasteiger partial charge on any atom is -0.408 e. The molecule has 21 heavy (non-hydrogen) atoms. The first-order valence-corrected chi connectivity index (χ1v) is 7.67. The smallest absolute Gasteiger partial charge is 0.318 e. The van der Waals surface area contributed by atoms with Crippen molar-refractivity contribution in [1.82, 2.24) is 15.2 Å². The van der Waals surface area contributed by atoms with E-state index in [9.17, 15) is 0 Å². The number of nitrogens with zero attached hydrogens (tertiary/aromatic N) is 4. The minimum atomic E-state index is 0.529. The molecule has 1 aromatic carbocycles. The monoisotopic (exact) mass is 300 g/mol. The summed E-state index contributed by atoms with van der Waals surface area (Å²) in [6.45, 7) is 2.64. The molecule has 2 heterocycles. The molecule has 108 valence electrons. The van der Waals surface area contributed by atoms with E-state index in [0.717, 1.165) is 22.7 Å². The van der Waals surface area contributed by atoms with E-state index >= 15 is 0 Å². The lowest BCUT2D eigenvalue weighted by Gasteiger charge is -2.11. The molecule has 0 unspecified atom stereocenters. The summed E-state index contributed by atoms with van der Waals surface area (Å²) in [7, 11) is 1.93. The first-order chi connectivity index (χ1) is 10.3. The summed E-state index contributed by atoms with van der Waals surface area (Å²) in [5, 5.41) is 11.1. The van der Waals surface area contributed by atoms with Gasteiger partial charge in [-0.25, -0.2) is 4.98 Å². The van der Waals surface area contributed by atoms with Crippen molar-refractivity contribution in [3.8, 4) is 10.6 Å². The van der Waals surface area contributed by atoms with Crippen molar-refractivity contribution in [2.45, 2.75) is 19.9 Å². The van der Waals surface area contributed by atoms with Gasteiger partial charge in [-0.3, -0.25) is 0 Å². The summed E-state index contributed by atoms with van der Waals surface area (Å²) in [6.07, 6.45) is 0.746. The zero-order valence-corrected chi connectivity index (χ0v) is 12.8. The van der Waals surface area contributed by atoms with Gasteiger partial charge >= 0.3 is 6.01 Å². The highest BCUT2D eigenvalue weighted by Gasteiger charge is 2.12. The third-order valence-corrected chi connectivity index (χ3v) is 4.00. The predicted molar refractivity (Wildman–Crippen MR) is 83.3 cm³/mol. The van der Waals surface area contributed by atoms with E-state index in [-0.39, 0.29) is 0 Å². The molecule has 0 saturated heterocycles. The summed E-state index contributed by atoms with van der Waals surface area (Å²) in [5.74, 6) is 0.653. The van der Waals surface area contributed by atoms with E-state index in [2.05, 4.69) is 32.7 Å². The molecule has 2 aromatic heterocycles. The molecule has 3 aromatic rings. The number of anilines is 1. The van der Waals surface area contributed by atoms with Crippen molar-refractivity contribution in [1.29, 1.82) is 0 Å². The van der Waals surface area contributed by atoms with Crippen LogP contribution in [0, 0.1) is 0 Å². The van der Waals surface area contributed by atoms with E-state index in [1.807, 2.05) is 37.1 Å². The topological polar surface area (TPSA) is 55.1 Å². The minimum absolute atomic E-state index is 0.529. The molecule has 0 aliphatic rings. The molecule has 0 saturated carbocycles. The fourth-order valence-electron chi connectivity index (χ4n) is 1.95. The van der Waals surface area contributed by atoms with Gasteiger partial charge in [0.25, 0.3) is 0 Å². The number of aryl methyl sites for hydroxylation is 1. The fourth-order valence-corrected chi connectivity index (χ4v) is 2.76. The molecule has 0 radical (unpaired) electrons. The maximum Gasteiger partial charge on any atom is 0.318 e. The van der Waals surface area contributed by atoms with Crippen LogP contribution in [0.4, 0.5) is 6.01 Å². The summed E-state index contributed by atoms with van der Waals surface area (Å²) >= 11 is 1.65. The van der Waals surface area contributed by atoms with Crippen molar-refractivity contribution in [2.24, 2.45) is 0 Å². The van der Waals surface area contributed by atoms with Crippen molar-refractivity contribution < 1.29 is 4.42 Å². The molecule has 6 heteroatoms. The highest BCUT2D eigenvalue weighted by molar-refractivity contribution is 7.13. The lowest BCUT2D eigenvalue weighted by Crippen LogP contribution is -2.16. The van der Waals surface area contributed by atoms with E-state index in [0.29, 0.717) is 18.5 Å². The fraction of sp³-hybridized carbons (Fsp3) is 0.267. The third kappa shape index (κ3) is 3.11. The Morgan fingerprint density at radius 1 is 1.19 bits per heavy atom. The predicted octanol–water partition coefficient (Wildman–Crippen LogP) is 3.39. The Bertz CT molecular complexity index is 707. The molecule has 0 atom stereocenters. The van der Waals surface area contributed by atoms with E-state index in [1.54, 1.807) is 11.3 Å². The molecule has 0 aliphatic heterocycles. The lowest BCUT2D eigenvalue weighted by molar-refractivity contribution is 0.494. The van der Waals surface area contributed by atoms with Crippen LogP contribution in [0.15, 0.2) is 40.1 Å². The Morgan fingerprint density at radius 2 is 2.00 bits per heavy atom. The van der Waals surface area contributed by atoms with Gasteiger partial charge in [0.15, 0.2) is 0 Å². The van der Waals surface area contributed by atoms with E-state index in [4.69, 9.17) is 4.42 Å². The number of hydrogen-bond donors (Lipinski definition) is 0. The van der Waals surface area contributed by atoms with Crippen LogP contribution in [0.1, 0.15) is 18.5 Å². The Kier molecular flexibility index (Phi) is 3.96. The van der Waals surface area contributed by atoms with Gasteiger partial charge in [0.1, 0.15) is 5.01 Å². The molecular weight excluding hydrogens is 284 g/mol. The molecule has 5 nitrogen and oxygen atoms in total. The molecule has 3 rings (SSSR count). The van der Waals surface area contributed by atoms with Gasteiger partial charge in [-0.2, -0.15) is 0 Å². The number of rotatable bonds is 5. The standard InChI is InChI=1S/C15H16N4OS/c1-3-13-17-18-15(20-13)19(2)9-12-10-21-14(16-12)11-7-5-4-6-8-11/h4-8,10H,3,9H2,1-2H3. The summed E-state index contributed by atoms with van der Waals surface area (Å²) in [5.41, 5.74) is 2.14. The Hall–Kier alpha value is -2.21. The molecule has 0 aliphatic carbocycles. The zero-order valence-electron chi connectivity index (χ0n) is 12.0. The Labute approximate surface area is 127 Å². The van der Waals surface area contributed by atoms with Crippen molar-refractivity contribution in [2.75, 3.05) is 11.9 Å². The van der Waals surface area contributed by atoms with Crippen LogP contribution in [-0.2, 0) is 13.0 Å². The first-order valence-electron chi connectivity index (χ1n) is 6.79. The Balaban J connectivity index is 1.72. The van der Waals surface area contributed by atoms with Crippen LogP contribution in [-0.4, -0.2) is 22.2 Å². The van der Waals surface area contributed by atoms with Crippen molar-refractivity contribution in [3.63, 3.8) is 0 Å². The van der Waals surface area contributed by atoms with E-state index < -0.39 is 0 Å². The maximum atomic E-state index is 5.54. The number of hydrogen-bond acceptors (Lipinski definition) is 6. The van der Waals surface area contributed by atoms with Crippen LogP contribution in [0.3, 0.4) is 0 Å². The molecule has 0 N–H and O–H groups in total. The normalized spacial score (nSPS) is 10.8. The number of thiazole rings is 1. The molecule has 0 fully saturated rings.